The van der Waals surface area contributed by atoms with Crippen molar-refractivity contribution in [2.45, 2.75) is 19.8 Å². The summed E-state index contributed by atoms with van der Waals surface area (Å²) in [7, 11) is 0. The first-order valence-electron chi connectivity index (χ1n) is 8.31. The summed E-state index contributed by atoms with van der Waals surface area (Å²) in [6.45, 7) is 6.04. The summed E-state index contributed by atoms with van der Waals surface area (Å²) in [6, 6.07) is 15.8. The van der Waals surface area contributed by atoms with Gasteiger partial charge in [-0.2, -0.15) is 5.26 Å². The summed E-state index contributed by atoms with van der Waals surface area (Å²) in [5.41, 5.74) is 9.44. The number of ether oxygens (including phenoxy) is 1. The molecule has 0 aliphatic carbocycles. The van der Waals surface area contributed by atoms with Crippen molar-refractivity contribution in [1.29, 1.82) is 5.26 Å². The maximum atomic E-state index is 9.59. The second-order valence-electron chi connectivity index (χ2n) is 5.87. The molecule has 1 aliphatic heterocycles. The molecule has 4 nitrogen and oxygen atoms in total. The number of nitriles is 1. The normalized spacial score (nSPS) is 16.0. The first-order chi connectivity index (χ1) is 12.1. The molecule has 0 saturated carbocycles. The van der Waals surface area contributed by atoms with E-state index in [2.05, 4.69) is 30.9 Å². The highest BCUT2D eigenvalue weighted by atomic mass is 35.5. The van der Waals surface area contributed by atoms with Crippen molar-refractivity contribution in [2.75, 3.05) is 18.0 Å². The molecule has 0 fully saturated rings. The van der Waals surface area contributed by atoms with Gasteiger partial charge in [-0.1, -0.05) is 29.8 Å². The number of anilines is 1. The van der Waals surface area contributed by atoms with Crippen molar-refractivity contribution < 1.29 is 4.74 Å². The van der Waals surface area contributed by atoms with E-state index >= 15 is 0 Å². The standard InChI is InChI=1S/C20H20ClN3O/c1-3-24(4-2)15-9-10-16-18(11-15)25-20(23)17(12-22)19(16)13-5-7-14(21)8-6-13/h5-11,19H,3-4,23H2,1-2H3/t19-/m1/s1. The summed E-state index contributed by atoms with van der Waals surface area (Å²) in [5.74, 6) is 0.601. The van der Waals surface area contributed by atoms with E-state index in [-0.39, 0.29) is 11.8 Å². The minimum atomic E-state index is -0.253. The largest absolute Gasteiger partial charge is 0.440 e. The van der Waals surface area contributed by atoms with Gasteiger partial charge in [-0.15, -0.1) is 0 Å². The molecule has 5 heteroatoms. The fourth-order valence-corrected chi connectivity index (χ4v) is 3.35. The van der Waals surface area contributed by atoms with Gasteiger partial charge in [0, 0.05) is 35.4 Å². The van der Waals surface area contributed by atoms with Gasteiger partial charge in [0.15, 0.2) is 0 Å². The number of rotatable bonds is 4. The summed E-state index contributed by atoms with van der Waals surface area (Å²) in [6.07, 6.45) is 0. The molecule has 128 valence electrons. The van der Waals surface area contributed by atoms with Crippen LogP contribution in [0.25, 0.3) is 0 Å². The lowest BCUT2D eigenvalue weighted by Gasteiger charge is -2.29. The van der Waals surface area contributed by atoms with Crippen molar-refractivity contribution in [2.24, 2.45) is 5.73 Å². The summed E-state index contributed by atoms with van der Waals surface area (Å²) in [5, 5.41) is 10.2. The molecule has 1 aliphatic rings. The Bertz CT molecular complexity index is 848. The third-order valence-corrected chi connectivity index (χ3v) is 4.79. The van der Waals surface area contributed by atoms with Gasteiger partial charge in [-0.05, 0) is 37.6 Å². The molecule has 0 amide bonds. The van der Waals surface area contributed by atoms with Gasteiger partial charge in [-0.3, -0.25) is 0 Å². The van der Waals surface area contributed by atoms with E-state index in [1.807, 2.05) is 36.4 Å². The second-order valence-corrected chi connectivity index (χ2v) is 6.31. The predicted molar refractivity (Wildman–Crippen MR) is 101 cm³/mol. The van der Waals surface area contributed by atoms with Crippen molar-refractivity contribution in [3.05, 3.63) is 70.1 Å². The number of nitrogens with two attached hydrogens (primary N) is 1. The van der Waals surface area contributed by atoms with Crippen LogP contribution in [0.2, 0.25) is 5.02 Å². The van der Waals surface area contributed by atoms with E-state index in [1.165, 1.54) is 0 Å². The fraction of sp³-hybridized carbons (Fsp3) is 0.250. The number of halogens is 1. The van der Waals surface area contributed by atoms with Gasteiger partial charge in [0.25, 0.3) is 0 Å². The van der Waals surface area contributed by atoms with Crippen LogP contribution in [-0.2, 0) is 0 Å². The number of allylic oxidation sites excluding steroid dienone is 1. The molecular weight excluding hydrogens is 334 g/mol. The van der Waals surface area contributed by atoms with Crippen LogP contribution in [0.3, 0.4) is 0 Å². The molecule has 3 rings (SSSR count). The Kier molecular flexibility index (Phi) is 4.87. The monoisotopic (exact) mass is 353 g/mol. The van der Waals surface area contributed by atoms with Crippen LogP contribution in [0.1, 0.15) is 30.9 Å². The number of fused-ring (bicyclic) bond motifs is 1. The lowest BCUT2D eigenvalue weighted by molar-refractivity contribution is 0.393. The van der Waals surface area contributed by atoms with E-state index in [0.29, 0.717) is 16.3 Å². The van der Waals surface area contributed by atoms with Crippen LogP contribution in [0, 0.1) is 11.3 Å². The third kappa shape index (κ3) is 3.16. The Morgan fingerprint density at radius 3 is 2.44 bits per heavy atom. The van der Waals surface area contributed by atoms with Gasteiger partial charge in [0.2, 0.25) is 5.88 Å². The lowest BCUT2D eigenvalue weighted by atomic mass is 9.83. The molecule has 2 N–H and O–H groups in total. The zero-order valence-corrected chi connectivity index (χ0v) is 15.0. The van der Waals surface area contributed by atoms with E-state index in [4.69, 9.17) is 22.1 Å². The quantitative estimate of drug-likeness (QED) is 0.884. The molecule has 0 bridgehead atoms. The zero-order valence-electron chi connectivity index (χ0n) is 14.3. The Morgan fingerprint density at radius 1 is 1.16 bits per heavy atom. The molecule has 0 radical (unpaired) electrons. The van der Waals surface area contributed by atoms with Crippen LogP contribution in [-0.4, -0.2) is 13.1 Å². The summed E-state index contributed by atoms with van der Waals surface area (Å²) < 4.78 is 5.77. The maximum absolute atomic E-state index is 9.59. The second kappa shape index (κ2) is 7.08. The van der Waals surface area contributed by atoms with Crippen LogP contribution in [0.4, 0.5) is 5.69 Å². The van der Waals surface area contributed by atoms with Crippen molar-refractivity contribution in [3.8, 4) is 11.8 Å². The van der Waals surface area contributed by atoms with E-state index < -0.39 is 0 Å². The molecule has 1 heterocycles. The van der Waals surface area contributed by atoms with E-state index in [0.717, 1.165) is 29.9 Å². The average Bonchev–Trinajstić information content (AvgIpc) is 2.62. The molecule has 0 unspecified atom stereocenters. The highest BCUT2D eigenvalue weighted by Crippen LogP contribution is 2.43. The van der Waals surface area contributed by atoms with E-state index in [9.17, 15) is 5.26 Å². The number of nitrogens with zero attached hydrogens (tertiary/aromatic N) is 2. The van der Waals surface area contributed by atoms with Gasteiger partial charge < -0.3 is 15.4 Å². The van der Waals surface area contributed by atoms with Gasteiger partial charge in [0.05, 0.1) is 5.92 Å². The van der Waals surface area contributed by atoms with E-state index in [1.54, 1.807) is 0 Å². The Hall–Kier alpha value is -2.64. The molecule has 2 aromatic carbocycles. The predicted octanol–water partition coefficient (Wildman–Crippen LogP) is 4.40. The van der Waals surface area contributed by atoms with Crippen LogP contribution >= 0.6 is 11.6 Å². The Morgan fingerprint density at radius 2 is 1.84 bits per heavy atom. The average molecular weight is 354 g/mol. The fourth-order valence-electron chi connectivity index (χ4n) is 3.23. The van der Waals surface area contributed by atoms with Gasteiger partial charge in [0.1, 0.15) is 17.4 Å². The SMILES string of the molecule is CCN(CC)c1ccc2c(c1)OC(N)=C(C#N)[C@@H]2c1ccc(Cl)cc1. The number of benzene rings is 2. The first kappa shape index (κ1) is 17.2. The number of hydrogen-bond donors (Lipinski definition) is 1. The minimum Gasteiger partial charge on any atom is -0.440 e. The molecular formula is C20H20ClN3O. The summed E-state index contributed by atoms with van der Waals surface area (Å²) in [4.78, 5) is 2.24. The van der Waals surface area contributed by atoms with Crippen LogP contribution < -0.4 is 15.4 Å². The molecule has 0 saturated heterocycles. The van der Waals surface area contributed by atoms with Gasteiger partial charge >= 0.3 is 0 Å². The smallest absolute Gasteiger partial charge is 0.205 e. The molecule has 2 aromatic rings. The first-order valence-corrected chi connectivity index (χ1v) is 8.68. The molecule has 0 aromatic heterocycles. The highest BCUT2D eigenvalue weighted by Gasteiger charge is 2.30. The van der Waals surface area contributed by atoms with Gasteiger partial charge in [-0.25, -0.2) is 0 Å². The third-order valence-electron chi connectivity index (χ3n) is 4.53. The zero-order chi connectivity index (χ0) is 18.0. The molecule has 0 spiro atoms. The Balaban J connectivity index is 2.12. The van der Waals surface area contributed by atoms with Crippen molar-refractivity contribution in [3.63, 3.8) is 0 Å². The minimum absolute atomic E-state index is 0.159. The lowest BCUT2D eigenvalue weighted by Crippen LogP contribution is -2.24. The highest BCUT2D eigenvalue weighted by molar-refractivity contribution is 6.30. The number of hydrogen-bond acceptors (Lipinski definition) is 4. The van der Waals surface area contributed by atoms with Crippen LogP contribution in [0.5, 0.6) is 5.75 Å². The summed E-state index contributed by atoms with van der Waals surface area (Å²) >= 11 is 6.01. The topological polar surface area (TPSA) is 62.3 Å². The molecule has 1 atom stereocenters. The van der Waals surface area contributed by atoms with Crippen molar-refractivity contribution >= 4 is 17.3 Å². The molecule has 25 heavy (non-hydrogen) atoms. The Labute approximate surface area is 153 Å². The van der Waals surface area contributed by atoms with Crippen LogP contribution in [0.15, 0.2) is 53.9 Å². The maximum Gasteiger partial charge on any atom is 0.205 e. The van der Waals surface area contributed by atoms with Crippen molar-refractivity contribution in [1.82, 2.24) is 0 Å².